The molecule has 1 nitrogen and oxygen atoms in total. The highest BCUT2D eigenvalue weighted by atomic mass is 14.7. The van der Waals surface area contributed by atoms with E-state index >= 15 is 0 Å². The molecular weight excluding hydrogens is 170 g/mol. The molecule has 1 heterocycles. The Bertz CT molecular complexity index is 557. The molecule has 0 amide bonds. The molecule has 0 N–H and O–H groups in total. The molecule has 1 aromatic carbocycles. The van der Waals surface area contributed by atoms with Gasteiger partial charge in [-0.25, -0.2) is 0 Å². The first-order chi connectivity index (χ1) is 6.95. The average molecular weight is 179 g/mol. The van der Waals surface area contributed by atoms with Crippen molar-refractivity contribution >= 4 is 10.8 Å². The minimum Gasteiger partial charge on any atom is -0.256 e. The largest absolute Gasteiger partial charge is 0.256 e. The van der Waals surface area contributed by atoms with Gasteiger partial charge in [-0.3, -0.25) is 4.98 Å². The Morgan fingerprint density at radius 1 is 0.857 bits per heavy atom. The third-order valence-corrected chi connectivity index (χ3v) is 2.48. The fourth-order valence-electron chi connectivity index (χ4n) is 1.83. The van der Waals surface area contributed by atoms with Crippen LogP contribution in [0.5, 0.6) is 0 Å². The first kappa shape index (κ1) is 7.51. The summed E-state index contributed by atoms with van der Waals surface area (Å²) in [6.07, 6.45) is 1.84. The second-order valence-electron chi connectivity index (χ2n) is 3.37. The summed E-state index contributed by atoms with van der Waals surface area (Å²) in [7, 11) is 0. The molecule has 0 aromatic heterocycles. The second kappa shape index (κ2) is 2.81. The van der Waals surface area contributed by atoms with Crippen LogP contribution in [0.1, 0.15) is 0 Å². The quantitative estimate of drug-likeness (QED) is 0.515. The summed E-state index contributed by atoms with van der Waals surface area (Å²) in [5, 5.41) is 2.50. The van der Waals surface area contributed by atoms with Crippen molar-refractivity contribution in [1.29, 1.82) is 0 Å². The molecule has 0 bridgehead atoms. The third kappa shape index (κ3) is 0.990. The Hall–Kier alpha value is -1.89. The van der Waals surface area contributed by atoms with Gasteiger partial charge in [0.05, 0.1) is 5.69 Å². The highest BCUT2D eigenvalue weighted by molar-refractivity contribution is 6.00. The smallest absolute Gasteiger partial charge is 0.0780 e. The zero-order chi connectivity index (χ0) is 9.38. The van der Waals surface area contributed by atoms with Gasteiger partial charge in [-0.05, 0) is 17.5 Å². The van der Waals surface area contributed by atoms with E-state index in [0.29, 0.717) is 0 Å². The molecule has 1 aromatic rings. The van der Waals surface area contributed by atoms with Crippen LogP contribution in [0.2, 0.25) is 0 Å². The van der Waals surface area contributed by atoms with E-state index in [0.717, 1.165) is 5.69 Å². The minimum atomic E-state index is 1.09. The fraction of sp³-hybridized carbons (Fsp3) is 0. The summed E-state index contributed by atoms with van der Waals surface area (Å²) in [5.74, 6) is 0. The van der Waals surface area contributed by atoms with Gasteiger partial charge >= 0.3 is 0 Å². The molecule has 2 aliphatic rings. The van der Waals surface area contributed by atoms with E-state index < -0.39 is 0 Å². The van der Waals surface area contributed by atoms with E-state index in [1.165, 1.54) is 16.3 Å². The lowest BCUT2D eigenvalue weighted by molar-refractivity contribution is 1.39. The van der Waals surface area contributed by atoms with Crippen molar-refractivity contribution in [3.8, 4) is 11.3 Å². The van der Waals surface area contributed by atoms with Crippen LogP contribution in [0, 0.1) is 0 Å². The summed E-state index contributed by atoms with van der Waals surface area (Å²) >= 11 is 0. The van der Waals surface area contributed by atoms with Crippen LogP contribution in [0.4, 0.5) is 0 Å². The standard InChI is InChI=1S/C13H9N/c1-2-7-12-10(5-1)9-11-6-3-4-8-14-13(11)12/h1-9H. The Labute approximate surface area is 82.4 Å². The molecule has 0 fully saturated rings. The maximum Gasteiger partial charge on any atom is 0.0780 e. The molecule has 14 heavy (non-hydrogen) atoms. The van der Waals surface area contributed by atoms with Crippen molar-refractivity contribution in [2.75, 3.05) is 0 Å². The molecule has 1 aliphatic heterocycles. The van der Waals surface area contributed by atoms with Crippen molar-refractivity contribution in [3.05, 3.63) is 54.7 Å². The van der Waals surface area contributed by atoms with Crippen LogP contribution in [0.15, 0.2) is 54.7 Å². The molecule has 66 valence electrons. The Morgan fingerprint density at radius 2 is 1.71 bits per heavy atom. The molecule has 0 spiro atoms. The fourth-order valence-corrected chi connectivity index (χ4v) is 1.83. The van der Waals surface area contributed by atoms with Crippen LogP contribution in [-0.2, 0) is 0 Å². The van der Waals surface area contributed by atoms with Gasteiger partial charge in [0.1, 0.15) is 0 Å². The number of fused-ring (bicyclic) bond motifs is 3. The van der Waals surface area contributed by atoms with Crippen LogP contribution < -0.4 is 0 Å². The summed E-state index contributed by atoms with van der Waals surface area (Å²) in [4.78, 5) is 4.43. The molecule has 0 unspecified atom stereocenters. The Morgan fingerprint density at radius 3 is 2.71 bits per heavy atom. The molecule has 0 saturated heterocycles. The van der Waals surface area contributed by atoms with Crippen LogP contribution in [0.3, 0.4) is 0 Å². The molecule has 1 aliphatic carbocycles. The molecule has 1 heteroatoms. The van der Waals surface area contributed by atoms with Gasteiger partial charge in [0, 0.05) is 17.1 Å². The Kier molecular flexibility index (Phi) is 1.51. The van der Waals surface area contributed by atoms with Gasteiger partial charge in [-0.2, -0.15) is 0 Å². The zero-order valence-corrected chi connectivity index (χ0v) is 7.64. The van der Waals surface area contributed by atoms with Gasteiger partial charge < -0.3 is 0 Å². The third-order valence-electron chi connectivity index (χ3n) is 2.48. The number of aromatic nitrogens is 1. The first-order valence-corrected chi connectivity index (χ1v) is 4.68. The lowest BCUT2D eigenvalue weighted by Gasteiger charge is -1.90. The minimum absolute atomic E-state index is 1.09. The van der Waals surface area contributed by atoms with Crippen molar-refractivity contribution in [3.63, 3.8) is 0 Å². The SMILES string of the molecule is c1ccc2cc3ccccc3c-2nc1. The zero-order valence-electron chi connectivity index (χ0n) is 7.64. The van der Waals surface area contributed by atoms with Crippen molar-refractivity contribution in [2.24, 2.45) is 0 Å². The lowest BCUT2D eigenvalue weighted by Crippen LogP contribution is -1.71. The van der Waals surface area contributed by atoms with Gasteiger partial charge in [-0.15, -0.1) is 0 Å². The van der Waals surface area contributed by atoms with E-state index in [2.05, 4.69) is 41.4 Å². The van der Waals surface area contributed by atoms with E-state index in [1.54, 1.807) is 0 Å². The van der Waals surface area contributed by atoms with E-state index in [1.807, 2.05) is 18.3 Å². The highest BCUT2D eigenvalue weighted by Gasteiger charge is 2.07. The summed E-state index contributed by atoms with van der Waals surface area (Å²) < 4.78 is 0. The van der Waals surface area contributed by atoms with E-state index in [9.17, 15) is 0 Å². The monoisotopic (exact) mass is 179 g/mol. The molecular formula is C13H9N. The summed E-state index contributed by atoms with van der Waals surface area (Å²) in [5.41, 5.74) is 2.29. The maximum atomic E-state index is 4.43. The predicted octanol–water partition coefficient (Wildman–Crippen LogP) is 3.34. The first-order valence-electron chi connectivity index (χ1n) is 4.68. The van der Waals surface area contributed by atoms with Crippen molar-refractivity contribution < 1.29 is 0 Å². The topological polar surface area (TPSA) is 12.9 Å². The number of rotatable bonds is 0. The van der Waals surface area contributed by atoms with E-state index in [4.69, 9.17) is 0 Å². The van der Waals surface area contributed by atoms with Gasteiger partial charge in [-0.1, -0.05) is 36.4 Å². The van der Waals surface area contributed by atoms with Crippen molar-refractivity contribution in [1.82, 2.24) is 4.98 Å². The van der Waals surface area contributed by atoms with Gasteiger partial charge in [0.15, 0.2) is 0 Å². The maximum absolute atomic E-state index is 4.43. The molecule has 3 rings (SSSR count). The predicted molar refractivity (Wildman–Crippen MR) is 58.4 cm³/mol. The van der Waals surface area contributed by atoms with Crippen LogP contribution >= 0.6 is 0 Å². The van der Waals surface area contributed by atoms with Crippen LogP contribution in [0.25, 0.3) is 22.0 Å². The lowest BCUT2D eigenvalue weighted by atomic mass is 10.2. The molecule has 0 saturated carbocycles. The number of benzene rings is 1. The average Bonchev–Trinajstić information content (AvgIpc) is 2.42. The van der Waals surface area contributed by atoms with E-state index in [-0.39, 0.29) is 0 Å². The van der Waals surface area contributed by atoms with Crippen molar-refractivity contribution in [2.45, 2.75) is 0 Å². The second-order valence-corrected chi connectivity index (χ2v) is 3.37. The highest BCUT2D eigenvalue weighted by Crippen LogP contribution is 2.30. The summed E-state index contributed by atoms with van der Waals surface area (Å²) in [6, 6.07) is 16.6. The normalized spacial score (nSPS) is 10.9. The summed E-state index contributed by atoms with van der Waals surface area (Å²) in [6.45, 7) is 0. The molecule has 0 radical (unpaired) electrons. The van der Waals surface area contributed by atoms with Gasteiger partial charge in [0.2, 0.25) is 0 Å². The molecule has 0 atom stereocenters. The number of hydrogen-bond donors (Lipinski definition) is 0. The Balaban J connectivity index is 2.52. The van der Waals surface area contributed by atoms with Gasteiger partial charge in [0.25, 0.3) is 0 Å². The van der Waals surface area contributed by atoms with Crippen LogP contribution in [-0.4, -0.2) is 4.98 Å². The number of nitrogens with zero attached hydrogens (tertiary/aromatic N) is 1. The number of hydrogen-bond acceptors (Lipinski definition) is 1.